The van der Waals surface area contributed by atoms with Gasteiger partial charge in [-0.1, -0.05) is 12.8 Å². The molecule has 2 heterocycles. The SMILES string of the molecule is Cc1ccc(C(CN)N2CCCCCC2C)o1. The molecule has 0 spiro atoms. The fourth-order valence-corrected chi connectivity index (χ4v) is 2.81. The molecule has 3 nitrogen and oxygen atoms in total. The van der Waals surface area contributed by atoms with Crippen molar-refractivity contribution < 1.29 is 4.42 Å². The third-order valence-corrected chi connectivity index (χ3v) is 3.82. The van der Waals surface area contributed by atoms with Gasteiger partial charge in [0, 0.05) is 12.6 Å². The maximum atomic E-state index is 5.96. The Balaban J connectivity index is 2.15. The molecule has 0 saturated carbocycles. The molecular weight excluding hydrogens is 212 g/mol. The van der Waals surface area contributed by atoms with Crippen LogP contribution in [0.2, 0.25) is 0 Å². The summed E-state index contributed by atoms with van der Waals surface area (Å²) in [6, 6.07) is 4.96. The van der Waals surface area contributed by atoms with Crippen molar-refractivity contribution in [1.82, 2.24) is 4.90 Å². The number of nitrogens with two attached hydrogens (primary N) is 1. The van der Waals surface area contributed by atoms with Gasteiger partial charge in [-0.05, 0) is 45.4 Å². The van der Waals surface area contributed by atoms with Crippen LogP contribution < -0.4 is 5.73 Å². The molecule has 1 aromatic heterocycles. The van der Waals surface area contributed by atoms with Gasteiger partial charge >= 0.3 is 0 Å². The van der Waals surface area contributed by atoms with E-state index >= 15 is 0 Å². The summed E-state index contributed by atoms with van der Waals surface area (Å²) in [6.07, 6.45) is 5.23. The molecule has 0 radical (unpaired) electrons. The molecule has 1 aliphatic heterocycles. The maximum absolute atomic E-state index is 5.96. The Kier molecular flexibility index (Phi) is 4.24. The molecule has 0 aliphatic carbocycles. The number of hydrogen-bond acceptors (Lipinski definition) is 3. The second-order valence-electron chi connectivity index (χ2n) is 5.14. The molecule has 1 saturated heterocycles. The van der Waals surface area contributed by atoms with Gasteiger partial charge in [0.05, 0.1) is 6.04 Å². The van der Waals surface area contributed by atoms with Gasteiger partial charge in [-0.15, -0.1) is 0 Å². The van der Waals surface area contributed by atoms with E-state index in [2.05, 4.69) is 17.9 Å². The largest absolute Gasteiger partial charge is 0.465 e. The van der Waals surface area contributed by atoms with Crippen LogP contribution in [0.5, 0.6) is 0 Å². The molecule has 2 rings (SSSR count). The van der Waals surface area contributed by atoms with E-state index in [9.17, 15) is 0 Å². The van der Waals surface area contributed by atoms with Crippen LogP contribution in [-0.2, 0) is 0 Å². The zero-order valence-corrected chi connectivity index (χ0v) is 11.0. The van der Waals surface area contributed by atoms with Crippen molar-refractivity contribution in [2.24, 2.45) is 5.73 Å². The first-order valence-corrected chi connectivity index (χ1v) is 6.74. The van der Waals surface area contributed by atoms with E-state index in [0.29, 0.717) is 12.6 Å². The number of nitrogens with zero attached hydrogens (tertiary/aromatic N) is 1. The second-order valence-corrected chi connectivity index (χ2v) is 5.14. The van der Waals surface area contributed by atoms with Gasteiger partial charge in [-0.3, -0.25) is 4.90 Å². The molecule has 1 aromatic rings. The van der Waals surface area contributed by atoms with Crippen molar-refractivity contribution in [2.75, 3.05) is 13.1 Å². The van der Waals surface area contributed by atoms with Gasteiger partial charge in [0.15, 0.2) is 0 Å². The summed E-state index contributed by atoms with van der Waals surface area (Å²) in [5, 5.41) is 0. The lowest BCUT2D eigenvalue weighted by atomic mass is 10.1. The fourth-order valence-electron chi connectivity index (χ4n) is 2.81. The first-order chi connectivity index (χ1) is 8.22. The molecule has 96 valence electrons. The number of rotatable bonds is 3. The van der Waals surface area contributed by atoms with Crippen LogP contribution >= 0.6 is 0 Å². The lowest BCUT2D eigenvalue weighted by molar-refractivity contribution is 0.133. The summed E-state index contributed by atoms with van der Waals surface area (Å²) in [7, 11) is 0. The highest BCUT2D eigenvalue weighted by atomic mass is 16.3. The Hall–Kier alpha value is -0.800. The van der Waals surface area contributed by atoms with Crippen molar-refractivity contribution in [3.05, 3.63) is 23.7 Å². The summed E-state index contributed by atoms with van der Waals surface area (Å²) in [4.78, 5) is 2.52. The quantitative estimate of drug-likeness (QED) is 0.877. The summed E-state index contributed by atoms with van der Waals surface area (Å²) >= 11 is 0. The van der Waals surface area contributed by atoms with Crippen LogP contribution in [0.3, 0.4) is 0 Å². The van der Waals surface area contributed by atoms with Gasteiger partial charge in [-0.25, -0.2) is 0 Å². The minimum atomic E-state index is 0.247. The van der Waals surface area contributed by atoms with Crippen molar-refractivity contribution in [1.29, 1.82) is 0 Å². The Labute approximate surface area is 104 Å². The van der Waals surface area contributed by atoms with Crippen molar-refractivity contribution >= 4 is 0 Å². The smallest absolute Gasteiger partial charge is 0.122 e. The Morgan fingerprint density at radius 2 is 2.24 bits per heavy atom. The Bertz CT molecular complexity index is 348. The summed E-state index contributed by atoms with van der Waals surface area (Å²) in [5.74, 6) is 2.00. The molecule has 2 N–H and O–H groups in total. The molecule has 1 fully saturated rings. The molecule has 0 bridgehead atoms. The molecule has 0 aromatic carbocycles. The summed E-state index contributed by atoms with van der Waals surface area (Å²) < 4.78 is 5.76. The highest BCUT2D eigenvalue weighted by molar-refractivity contribution is 5.11. The third kappa shape index (κ3) is 2.90. The van der Waals surface area contributed by atoms with Crippen molar-refractivity contribution in [2.45, 2.75) is 51.6 Å². The van der Waals surface area contributed by atoms with Gasteiger partial charge in [0.2, 0.25) is 0 Å². The van der Waals surface area contributed by atoms with E-state index in [-0.39, 0.29) is 6.04 Å². The first kappa shape index (κ1) is 12.7. The lowest BCUT2D eigenvalue weighted by Crippen LogP contribution is -2.39. The van der Waals surface area contributed by atoms with E-state index < -0.39 is 0 Å². The van der Waals surface area contributed by atoms with Crippen molar-refractivity contribution in [3.63, 3.8) is 0 Å². The van der Waals surface area contributed by atoms with E-state index in [1.807, 2.05) is 13.0 Å². The third-order valence-electron chi connectivity index (χ3n) is 3.82. The van der Waals surface area contributed by atoms with Gasteiger partial charge < -0.3 is 10.2 Å². The van der Waals surface area contributed by atoms with E-state index in [0.717, 1.165) is 18.1 Å². The Morgan fingerprint density at radius 3 is 2.88 bits per heavy atom. The Morgan fingerprint density at radius 1 is 1.41 bits per heavy atom. The molecule has 0 amide bonds. The summed E-state index contributed by atoms with van der Waals surface area (Å²) in [6.45, 7) is 6.08. The van der Waals surface area contributed by atoms with Crippen LogP contribution in [0.4, 0.5) is 0 Å². The topological polar surface area (TPSA) is 42.4 Å². The normalized spacial score (nSPS) is 24.5. The van der Waals surface area contributed by atoms with Gasteiger partial charge in [0.1, 0.15) is 11.5 Å². The number of furan rings is 1. The molecule has 17 heavy (non-hydrogen) atoms. The maximum Gasteiger partial charge on any atom is 0.122 e. The molecule has 1 aliphatic rings. The van der Waals surface area contributed by atoms with Crippen LogP contribution in [-0.4, -0.2) is 24.0 Å². The standard InChI is InChI=1S/C14H24N2O/c1-11-6-4-3-5-9-16(11)13(10-15)14-8-7-12(2)17-14/h7-8,11,13H,3-6,9-10,15H2,1-2H3. The predicted molar refractivity (Wildman–Crippen MR) is 69.9 cm³/mol. The van der Waals surface area contributed by atoms with Crippen LogP contribution in [0.15, 0.2) is 16.5 Å². The molecular formula is C14H24N2O. The average Bonchev–Trinajstić information content (AvgIpc) is 2.62. The van der Waals surface area contributed by atoms with Gasteiger partial charge in [0.25, 0.3) is 0 Å². The van der Waals surface area contributed by atoms with E-state index in [1.54, 1.807) is 0 Å². The fraction of sp³-hybridized carbons (Fsp3) is 0.714. The number of likely N-dealkylation sites (tertiary alicyclic amines) is 1. The zero-order valence-electron chi connectivity index (χ0n) is 11.0. The van der Waals surface area contributed by atoms with E-state index in [4.69, 9.17) is 10.2 Å². The number of aryl methyl sites for hydroxylation is 1. The summed E-state index contributed by atoms with van der Waals surface area (Å²) in [5.41, 5.74) is 5.96. The molecule has 3 heteroatoms. The van der Waals surface area contributed by atoms with Crippen LogP contribution in [0.1, 0.15) is 50.2 Å². The second kappa shape index (κ2) is 5.69. The zero-order chi connectivity index (χ0) is 12.3. The minimum Gasteiger partial charge on any atom is -0.465 e. The first-order valence-electron chi connectivity index (χ1n) is 6.74. The van der Waals surface area contributed by atoms with Crippen LogP contribution in [0, 0.1) is 6.92 Å². The highest BCUT2D eigenvalue weighted by Gasteiger charge is 2.27. The minimum absolute atomic E-state index is 0.247. The van der Waals surface area contributed by atoms with E-state index in [1.165, 1.54) is 25.7 Å². The lowest BCUT2D eigenvalue weighted by Gasteiger charge is -2.33. The van der Waals surface area contributed by atoms with Crippen LogP contribution in [0.25, 0.3) is 0 Å². The monoisotopic (exact) mass is 236 g/mol. The highest BCUT2D eigenvalue weighted by Crippen LogP contribution is 2.28. The predicted octanol–water partition coefficient (Wildman–Crippen LogP) is 2.85. The number of hydrogen-bond donors (Lipinski definition) is 1. The van der Waals surface area contributed by atoms with Gasteiger partial charge in [-0.2, -0.15) is 0 Å². The van der Waals surface area contributed by atoms with Crippen molar-refractivity contribution in [3.8, 4) is 0 Å². The molecule has 2 atom stereocenters. The molecule has 2 unspecified atom stereocenters. The average molecular weight is 236 g/mol.